The molecule has 1 fully saturated rings. The summed E-state index contributed by atoms with van der Waals surface area (Å²) in [5, 5.41) is 3.54. The lowest BCUT2D eigenvalue weighted by molar-refractivity contribution is -0.132. The van der Waals surface area contributed by atoms with Crippen molar-refractivity contribution < 1.29 is 4.79 Å². The van der Waals surface area contributed by atoms with Gasteiger partial charge in [-0.3, -0.25) is 10.1 Å². The van der Waals surface area contributed by atoms with Crippen molar-refractivity contribution in [2.24, 2.45) is 5.92 Å². The van der Waals surface area contributed by atoms with Crippen molar-refractivity contribution in [1.82, 2.24) is 10.2 Å². The Morgan fingerprint density at radius 1 is 1.19 bits per heavy atom. The number of amides is 1. The maximum atomic E-state index is 12.8. The Labute approximate surface area is 128 Å². The zero-order valence-electron chi connectivity index (χ0n) is 13.7. The normalized spacial score (nSPS) is 23.9. The highest BCUT2D eigenvalue weighted by molar-refractivity contribution is 5.84. The molecule has 1 heterocycles. The largest absolute Gasteiger partial charge is 0.319 e. The minimum Gasteiger partial charge on any atom is -0.319 e. The molecule has 0 saturated carbocycles. The number of hydrogen-bond donors (Lipinski definition) is 1. The topological polar surface area (TPSA) is 32.3 Å². The van der Waals surface area contributed by atoms with Crippen molar-refractivity contribution in [3.63, 3.8) is 0 Å². The van der Waals surface area contributed by atoms with Gasteiger partial charge in [-0.05, 0) is 31.2 Å². The molecule has 3 nitrogen and oxygen atoms in total. The molecule has 3 heteroatoms. The van der Waals surface area contributed by atoms with Crippen molar-refractivity contribution in [1.29, 1.82) is 0 Å². The predicted molar refractivity (Wildman–Crippen MR) is 86.8 cm³/mol. The van der Waals surface area contributed by atoms with E-state index in [1.54, 1.807) is 0 Å². The minimum atomic E-state index is -0.0326. The Balaban J connectivity index is 2.25. The minimum absolute atomic E-state index is 0.0176. The van der Waals surface area contributed by atoms with E-state index in [4.69, 9.17) is 0 Å². The molecule has 0 aliphatic carbocycles. The van der Waals surface area contributed by atoms with E-state index in [1.165, 1.54) is 5.56 Å². The number of carbonyl (C=O) groups is 1. The molecule has 1 aliphatic rings. The summed E-state index contributed by atoms with van der Waals surface area (Å²) in [6.45, 7) is 8.73. The smallest absolute Gasteiger partial charge is 0.241 e. The lowest BCUT2D eigenvalue weighted by atomic mass is 10.0. The van der Waals surface area contributed by atoms with Crippen LogP contribution in [-0.4, -0.2) is 22.9 Å². The molecule has 0 spiro atoms. The Morgan fingerprint density at radius 2 is 1.86 bits per heavy atom. The van der Waals surface area contributed by atoms with Gasteiger partial charge in [-0.2, -0.15) is 0 Å². The van der Waals surface area contributed by atoms with Crippen LogP contribution >= 0.6 is 0 Å². The molecule has 0 aromatic heterocycles. The third-order valence-corrected chi connectivity index (χ3v) is 4.17. The van der Waals surface area contributed by atoms with E-state index in [1.807, 2.05) is 18.2 Å². The number of rotatable bonds is 6. The molecular weight excluding hydrogens is 260 g/mol. The molecule has 3 atom stereocenters. The summed E-state index contributed by atoms with van der Waals surface area (Å²) in [6.07, 6.45) is 2.99. The van der Waals surface area contributed by atoms with Gasteiger partial charge in [-0.1, -0.05) is 57.5 Å². The van der Waals surface area contributed by atoms with Gasteiger partial charge in [0.25, 0.3) is 0 Å². The van der Waals surface area contributed by atoms with Crippen LogP contribution in [0.4, 0.5) is 0 Å². The summed E-state index contributed by atoms with van der Waals surface area (Å²) in [4.78, 5) is 14.8. The highest BCUT2D eigenvalue weighted by Crippen LogP contribution is 2.30. The number of nitrogens with one attached hydrogen (secondary N) is 1. The van der Waals surface area contributed by atoms with Crippen LogP contribution in [0.3, 0.4) is 0 Å². The van der Waals surface area contributed by atoms with Crippen molar-refractivity contribution in [2.75, 3.05) is 0 Å². The van der Waals surface area contributed by atoms with Gasteiger partial charge in [0.1, 0.15) is 6.17 Å². The van der Waals surface area contributed by atoms with Crippen molar-refractivity contribution in [3.05, 3.63) is 35.9 Å². The molecule has 21 heavy (non-hydrogen) atoms. The van der Waals surface area contributed by atoms with Crippen LogP contribution in [0.5, 0.6) is 0 Å². The summed E-state index contributed by atoms with van der Waals surface area (Å²) in [5.41, 5.74) is 1.18. The van der Waals surface area contributed by atoms with E-state index in [0.29, 0.717) is 5.92 Å². The van der Waals surface area contributed by atoms with E-state index in [-0.39, 0.29) is 24.2 Å². The van der Waals surface area contributed by atoms with E-state index in [0.717, 1.165) is 19.3 Å². The molecule has 1 aliphatic heterocycles. The van der Waals surface area contributed by atoms with E-state index in [9.17, 15) is 4.79 Å². The van der Waals surface area contributed by atoms with Gasteiger partial charge in [0.05, 0.1) is 6.04 Å². The zero-order chi connectivity index (χ0) is 15.4. The Hall–Kier alpha value is -1.35. The first kappa shape index (κ1) is 16.0. The monoisotopic (exact) mass is 288 g/mol. The molecule has 0 bridgehead atoms. The van der Waals surface area contributed by atoms with Crippen LogP contribution in [-0.2, 0) is 4.79 Å². The molecule has 1 aromatic rings. The lowest BCUT2D eigenvalue weighted by Crippen LogP contribution is -2.39. The van der Waals surface area contributed by atoms with Gasteiger partial charge < -0.3 is 4.90 Å². The Morgan fingerprint density at radius 3 is 2.43 bits per heavy atom. The van der Waals surface area contributed by atoms with E-state index < -0.39 is 0 Å². The Bertz CT molecular complexity index is 458. The summed E-state index contributed by atoms with van der Waals surface area (Å²) in [7, 11) is 0. The van der Waals surface area contributed by atoms with Crippen molar-refractivity contribution in [2.45, 2.75) is 65.2 Å². The van der Waals surface area contributed by atoms with Gasteiger partial charge in [0.2, 0.25) is 5.91 Å². The fourth-order valence-electron chi connectivity index (χ4n) is 3.30. The number of carbonyl (C=O) groups excluding carboxylic acids is 1. The molecule has 1 N–H and O–H groups in total. The molecule has 1 aromatic carbocycles. The average Bonchev–Trinajstić information content (AvgIpc) is 2.77. The third-order valence-electron chi connectivity index (χ3n) is 4.17. The quantitative estimate of drug-likeness (QED) is 0.865. The second-order valence-electron chi connectivity index (χ2n) is 6.55. The summed E-state index contributed by atoms with van der Waals surface area (Å²) in [5.74, 6) is 0.855. The van der Waals surface area contributed by atoms with E-state index >= 15 is 0 Å². The highest BCUT2D eigenvalue weighted by Gasteiger charge is 2.41. The molecule has 1 amide bonds. The predicted octanol–water partition coefficient (Wildman–Crippen LogP) is 3.72. The van der Waals surface area contributed by atoms with Gasteiger partial charge in [-0.15, -0.1) is 0 Å². The van der Waals surface area contributed by atoms with Crippen LogP contribution in [0.25, 0.3) is 0 Å². The van der Waals surface area contributed by atoms with E-state index in [2.05, 4.69) is 50.0 Å². The first-order chi connectivity index (χ1) is 10.0. The van der Waals surface area contributed by atoms with Crippen molar-refractivity contribution in [3.8, 4) is 0 Å². The van der Waals surface area contributed by atoms with Gasteiger partial charge >= 0.3 is 0 Å². The van der Waals surface area contributed by atoms with Gasteiger partial charge in [0, 0.05) is 6.04 Å². The molecule has 0 radical (unpaired) electrons. The SMILES string of the molecule is CCCC1NC(c2ccccc2)N(C(C)CC(C)C)C1=O. The molecule has 2 rings (SSSR count). The highest BCUT2D eigenvalue weighted by atomic mass is 16.2. The fraction of sp³-hybridized carbons (Fsp3) is 0.611. The fourth-order valence-corrected chi connectivity index (χ4v) is 3.30. The summed E-state index contributed by atoms with van der Waals surface area (Å²) < 4.78 is 0. The molecule has 3 unspecified atom stereocenters. The molecule has 116 valence electrons. The second-order valence-corrected chi connectivity index (χ2v) is 6.55. The zero-order valence-corrected chi connectivity index (χ0v) is 13.7. The first-order valence-electron chi connectivity index (χ1n) is 8.17. The van der Waals surface area contributed by atoms with Crippen LogP contribution in [0.2, 0.25) is 0 Å². The summed E-state index contributed by atoms with van der Waals surface area (Å²) >= 11 is 0. The third kappa shape index (κ3) is 3.65. The van der Waals surface area contributed by atoms with Crippen molar-refractivity contribution >= 4 is 5.91 Å². The molecule has 1 saturated heterocycles. The number of benzene rings is 1. The average molecular weight is 288 g/mol. The maximum Gasteiger partial charge on any atom is 0.241 e. The van der Waals surface area contributed by atoms with Crippen LogP contribution in [0.15, 0.2) is 30.3 Å². The first-order valence-corrected chi connectivity index (χ1v) is 8.17. The standard InChI is InChI=1S/C18H28N2O/c1-5-9-16-18(21)20(14(4)12-13(2)3)17(19-16)15-10-7-6-8-11-15/h6-8,10-11,13-14,16-17,19H,5,9,12H2,1-4H3. The van der Waals surface area contributed by atoms with Crippen LogP contribution in [0.1, 0.15) is 58.7 Å². The number of nitrogens with zero attached hydrogens (tertiary/aromatic N) is 1. The maximum absolute atomic E-state index is 12.8. The Kier molecular flexibility index (Phi) is 5.40. The van der Waals surface area contributed by atoms with Gasteiger partial charge in [0.15, 0.2) is 0 Å². The molecular formula is C18H28N2O. The number of hydrogen-bond acceptors (Lipinski definition) is 2. The van der Waals surface area contributed by atoms with Gasteiger partial charge in [-0.25, -0.2) is 0 Å². The van der Waals surface area contributed by atoms with Crippen LogP contribution in [0, 0.1) is 5.92 Å². The lowest BCUT2D eigenvalue weighted by Gasteiger charge is -2.31. The van der Waals surface area contributed by atoms with Crippen LogP contribution < -0.4 is 5.32 Å². The second kappa shape index (κ2) is 7.08. The summed E-state index contributed by atoms with van der Waals surface area (Å²) in [6, 6.07) is 10.5.